The maximum atomic E-state index is 13.7. The van der Waals surface area contributed by atoms with Gasteiger partial charge < -0.3 is 9.30 Å². The first-order chi connectivity index (χ1) is 15.8. The lowest BCUT2D eigenvalue weighted by molar-refractivity contribution is 0.0996. The number of nitrogens with zero attached hydrogens (tertiary/aromatic N) is 3. The maximum Gasteiger partial charge on any atom is 0.279 e. The predicted octanol–water partition coefficient (Wildman–Crippen LogP) is 4.04. The fraction of sp³-hybridized carbons (Fsp3) is 0.391. The van der Waals surface area contributed by atoms with Gasteiger partial charge in [0, 0.05) is 32.3 Å². The molecule has 1 aromatic heterocycles. The summed E-state index contributed by atoms with van der Waals surface area (Å²) in [6.07, 6.45) is 1.66. The van der Waals surface area contributed by atoms with E-state index < -0.39 is 15.9 Å². The molecule has 2 aromatic carbocycles. The molecule has 0 spiro atoms. The van der Waals surface area contributed by atoms with Crippen LogP contribution in [0.25, 0.3) is 10.2 Å². The molecular weight excluding hydrogens is 465 g/mol. The summed E-state index contributed by atoms with van der Waals surface area (Å²) < 4.78 is 48.3. The Balaban J connectivity index is 1.91. The largest absolute Gasteiger partial charge is 0.380 e. The average Bonchev–Trinajstić information content (AvgIpc) is 3.13. The molecule has 1 heterocycles. The zero-order valence-corrected chi connectivity index (χ0v) is 20.6. The van der Waals surface area contributed by atoms with Crippen molar-refractivity contribution in [1.82, 2.24) is 8.87 Å². The fourth-order valence-electron chi connectivity index (χ4n) is 3.25. The van der Waals surface area contributed by atoms with Gasteiger partial charge >= 0.3 is 0 Å². The lowest BCUT2D eigenvalue weighted by Gasteiger charge is -2.16. The van der Waals surface area contributed by atoms with Crippen LogP contribution >= 0.6 is 11.3 Å². The summed E-state index contributed by atoms with van der Waals surface area (Å²) in [6, 6.07) is 10.2. The molecule has 0 atom stereocenters. The lowest BCUT2D eigenvalue weighted by Crippen LogP contribution is -2.27. The molecule has 0 saturated carbocycles. The molecule has 0 radical (unpaired) electrons. The van der Waals surface area contributed by atoms with Gasteiger partial charge in [-0.1, -0.05) is 24.7 Å². The van der Waals surface area contributed by atoms with E-state index in [1.807, 2.05) is 18.4 Å². The first-order valence-corrected chi connectivity index (χ1v) is 13.1. The van der Waals surface area contributed by atoms with Gasteiger partial charge in [0.2, 0.25) is 10.0 Å². The Morgan fingerprint density at radius 3 is 2.58 bits per heavy atom. The number of carbonyl (C=O) groups excluding carboxylic acids is 1. The highest BCUT2D eigenvalue weighted by Crippen LogP contribution is 2.20. The molecule has 0 bridgehead atoms. The van der Waals surface area contributed by atoms with E-state index in [1.54, 1.807) is 13.1 Å². The van der Waals surface area contributed by atoms with Crippen LogP contribution in [0.3, 0.4) is 0 Å². The van der Waals surface area contributed by atoms with Crippen LogP contribution in [0.15, 0.2) is 52.4 Å². The zero-order valence-electron chi connectivity index (χ0n) is 19.0. The molecule has 178 valence electrons. The summed E-state index contributed by atoms with van der Waals surface area (Å²) in [5.74, 6) is -0.866. The standard InChI is InChI=1S/C23H28FN3O4S2/c1-4-6-13-26(3)33(29,30)19-10-7-17(8-11-19)22(28)25-23-27(14-15-31-5-2)20-12-9-18(24)16-21(20)32-23/h7-12,16H,4-6,13-15H2,1-3H3. The number of halogens is 1. The summed E-state index contributed by atoms with van der Waals surface area (Å²) in [6.45, 7) is 5.78. The Bertz CT molecular complexity index is 1280. The van der Waals surface area contributed by atoms with Crippen LogP contribution in [-0.4, -0.2) is 50.0 Å². The molecule has 0 aliphatic carbocycles. The minimum atomic E-state index is -3.61. The topological polar surface area (TPSA) is 81.0 Å². The molecule has 0 unspecified atom stereocenters. The van der Waals surface area contributed by atoms with Crippen molar-refractivity contribution in [3.63, 3.8) is 0 Å². The number of amides is 1. The van der Waals surface area contributed by atoms with Crippen molar-refractivity contribution in [2.75, 3.05) is 26.8 Å². The fourth-order valence-corrected chi connectivity index (χ4v) is 5.54. The van der Waals surface area contributed by atoms with Crippen molar-refractivity contribution < 1.29 is 22.3 Å². The molecule has 0 aliphatic rings. The number of sulfonamides is 1. The van der Waals surface area contributed by atoms with Crippen LogP contribution in [0, 0.1) is 5.82 Å². The first-order valence-electron chi connectivity index (χ1n) is 10.8. The van der Waals surface area contributed by atoms with Crippen molar-refractivity contribution in [1.29, 1.82) is 0 Å². The Labute approximate surface area is 197 Å². The van der Waals surface area contributed by atoms with E-state index in [9.17, 15) is 17.6 Å². The van der Waals surface area contributed by atoms with Crippen molar-refractivity contribution in [2.45, 2.75) is 38.1 Å². The van der Waals surface area contributed by atoms with Crippen molar-refractivity contribution in [3.05, 3.63) is 58.6 Å². The number of benzene rings is 2. The monoisotopic (exact) mass is 493 g/mol. The molecule has 10 heteroatoms. The minimum absolute atomic E-state index is 0.127. The number of thiazole rings is 1. The number of rotatable bonds is 10. The van der Waals surface area contributed by atoms with Crippen LogP contribution in [0.5, 0.6) is 0 Å². The Morgan fingerprint density at radius 1 is 1.18 bits per heavy atom. The number of hydrogen-bond acceptors (Lipinski definition) is 5. The molecule has 0 fully saturated rings. The Hall–Kier alpha value is -2.40. The van der Waals surface area contributed by atoms with Crippen LogP contribution in [-0.2, 0) is 21.3 Å². The Morgan fingerprint density at radius 2 is 1.91 bits per heavy atom. The van der Waals surface area contributed by atoms with Crippen LogP contribution in [0.2, 0.25) is 0 Å². The molecule has 0 aliphatic heterocycles. The number of unbranched alkanes of at least 4 members (excludes halogenated alkanes) is 1. The second-order valence-electron chi connectivity index (χ2n) is 7.47. The van der Waals surface area contributed by atoms with E-state index in [0.29, 0.717) is 35.8 Å². The van der Waals surface area contributed by atoms with Crippen LogP contribution < -0.4 is 4.80 Å². The highest BCUT2D eigenvalue weighted by Gasteiger charge is 2.20. The third-order valence-corrected chi connectivity index (χ3v) is 8.05. The van der Waals surface area contributed by atoms with Gasteiger partial charge in [-0.05, 0) is 55.8 Å². The first kappa shape index (κ1) is 25.2. The number of aromatic nitrogens is 1. The van der Waals surface area contributed by atoms with Crippen molar-refractivity contribution >= 4 is 37.5 Å². The summed E-state index contributed by atoms with van der Waals surface area (Å²) >= 11 is 1.22. The molecule has 7 nitrogen and oxygen atoms in total. The van der Waals surface area contributed by atoms with Gasteiger partial charge in [0.1, 0.15) is 5.82 Å². The van der Waals surface area contributed by atoms with Crippen LogP contribution in [0.1, 0.15) is 37.0 Å². The quantitative estimate of drug-likeness (QED) is 0.399. The van der Waals surface area contributed by atoms with E-state index >= 15 is 0 Å². The van der Waals surface area contributed by atoms with E-state index in [1.165, 1.54) is 52.0 Å². The van der Waals surface area contributed by atoms with E-state index in [2.05, 4.69) is 4.99 Å². The van der Waals surface area contributed by atoms with Crippen LogP contribution in [0.4, 0.5) is 4.39 Å². The summed E-state index contributed by atoms with van der Waals surface area (Å²) in [4.78, 5) is 17.6. The van der Waals surface area contributed by atoms with Crippen molar-refractivity contribution in [2.24, 2.45) is 4.99 Å². The van der Waals surface area contributed by atoms with E-state index in [0.717, 1.165) is 18.4 Å². The van der Waals surface area contributed by atoms with Crippen molar-refractivity contribution in [3.8, 4) is 0 Å². The molecule has 1 amide bonds. The summed E-state index contributed by atoms with van der Waals surface area (Å²) in [7, 11) is -2.07. The van der Waals surface area contributed by atoms with Gasteiger partial charge in [-0.25, -0.2) is 17.1 Å². The van der Waals surface area contributed by atoms with E-state index in [-0.39, 0.29) is 16.3 Å². The maximum absolute atomic E-state index is 13.7. The molecule has 3 aromatic rings. The van der Waals surface area contributed by atoms with Gasteiger partial charge in [0.25, 0.3) is 5.91 Å². The van der Waals surface area contributed by atoms with Gasteiger partial charge in [-0.3, -0.25) is 4.79 Å². The van der Waals surface area contributed by atoms with Gasteiger partial charge in [-0.15, -0.1) is 0 Å². The molecule has 0 saturated heterocycles. The average molecular weight is 494 g/mol. The third-order valence-electron chi connectivity index (χ3n) is 5.14. The molecular formula is C23H28FN3O4S2. The van der Waals surface area contributed by atoms with Gasteiger partial charge in [0.05, 0.1) is 21.7 Å². The number of carbonyl (C=O) groups is 1. The second-order valence-corrected chi connectivity index (χ2v) is 10.5. The summed E-state index contributed by atoms with van der Waals surface area (Å²) in [5, 5.41) is 0. The predicted molar refractivity (Wildman–Crippen MR) is 127 cm³/mol. The number of fused-ring (bicyclic) bond motifs is 1. The lowest BCUT2D eigenvalue weighted by atomic mass is 10.2. The SMILES string of the molecule is CCCCN(C)S(=O)(=O)c1ccc(C(=O)N=c2sc3cc(F)ccc3n2CCOCC)cc1. The van der Waals surface area contributed by atoms with Gasteiger partial charge in [0.15, 0.2) is 4.80 Å². The molecule has 3 rings (SSSR count). The Kier molecular flexibility index (Phi) is 8.52. The minimum Gasteiger partial charge on any atom is -0.380 e. The normalized spacial score (nSPS) is 12.7. The molecule has 0 N–H and O–H groups in total. The third kappa shape index (κ3) is 5.94. The van der Waals surface area contributed by atoms with E-state index in [4.69, 9.17) is 4.74 Å². The highest BCUT2D eigenvalue weighted by atomic mass is 32.2. The molecule has 33 heavy (non-hydrogen) atoms. The van der Waals surface area contributed by atoms with Gasteiger partial charge in [-0.2, -0.15) is 4.99 Å². The summed E-state index contributed by atoms with van der Waals surface area (Å²) in [5.41, 5.74) is 1.04. The smallest absolute Gasteiger partial charge is 0.279 e. The zero-order chi connectivity index (χ0) is 24.0. The number of hydrogen-bond donors (Lipinski definition) is 0. The number of ether oxygens (including phenoxy) is 1. The second kappa shape index (κ2) is 11.1. The highest BCUT2D eigenvalue weighted by molar-refractivity contribution is 7.89.